The van der Waals surface area contributed by atoms with E-state index >= 15 is 0 Å². The number of nitrogens with zero attached hydrogens (tertiary/aromatic N) is 5. The number of piperazine rings is 1. The first-order valence-corrected chi connectivity index (χ1v) is 7.33. The number of hydrogen-bond acceptors (Lipinski definition) is 9. The fraction of sp³-hybridized carbons (Fsp3) is 0.538. The molecule has 2 heterocycles. The van der Waals surface area contributed by atoms with Crippen LogP contribution in [0.2, 0.25) is 0 Å². The van der Waals surface area contributed by atoms with Crippen LogP contribution in [0.3, 0.4) is 0 Å². The van der Waals surface area contributed by atoms with Crippen molar-refractivity contribution in [2.75, 3.05) is 56.6 Å². The molecule has 1 aliphatic heterocycles. The second-order valence-corrected chi connectivity index (χ2v) is 5.45. The molecule has 0 radical (unpaired) electrons. The largest absolute Gasteiger partial charge is 0.395 e. The van der Waals surface area contributed by atoms with Gasteiger partial charge < -0.3 is 20.2 Å². The Bertz CT molecular complexity index is 710. The summed E-state index contributed by atoms with van der Waals surface area (Å²) in [6.07, 6.45) is 0. The van der Waals surface area contributed by atoms with E-state index in [0.717, 1.165) is 31.9 Å². The van der Waals surface area contributed by atoms with Crippen LogP contribution >= 0.6 is 0 Å². The molecule has 0 amide bonds. The van der Waals surface area contributed by atoms with Crippen molar-refractivity contribution >= 4 is 28.1 Å². The number of likely N-dealkylation sites (N-methyl/N-ethyl adjacent to an activating group) is 1. The molecule has 10 heteroatoms. The standard InChI is InChI=1S/C13H18N6O4/c1-17-3-5-18(6-4-17)10-8-9(14-2-7-20)13(19(21)22)12-11(10)15-23-16-12/h8,14,20H,2-7H2,1H3. The molecule has 1 fully saturated rings. The van der Waals surface area contributed by atoms with Gasteiger partial charge in [0.1, 0.15) is 5.69 Å². The van der Waals surface area contributed by atoms with Gasteiger partial charge in [-0.3, -0.25) is 10.1 Å². The van der Waals surface area contributed by atoms with Crippen molar-refractivity contribution in [2.24, 2.45) is 0 Å². The van der Waals surface area contributed by atoms with Gasteiger partial charge in [-0.25, -0.2) is 4.63 Å². The van der Waals surface area contributed by atoms with Crippen LogP contribution < -0.4 is 10.2 Å². The van der Waals surface area contributed by atoms with Gasteiger partial charge in [-0.15, -0.1) is 0 Å². The Kier molecular flexibility index (Phi) is 4.26. The van der Waals surface area contributed by atoms with E-state index in [1.165, 1.54) is 0 Å². The molecule has 0 saturated carbocycles. The molecule has 10 nitrogen and oxygen atoms in total. The first-order valence-electron chi connectivity index (χ1n) is 7.33. The summed E-state index contributed by atoms with van der Waals surface area (Å²) in [6, 6.07) is 1.69. The number of aromatic nitrogens is 2. The van der Waals surface area contributed by atoms with Crippen molar-refractivity contribution in [1.82, 2.24) is 15.2 Å². The minimum absolute atomic E-state index is 0.117. The molecule has 2 N–H and O–H groups in total. The number of aliphatic hydroxyl groups is 1. The van der Waals surface area contributed by atoms with Crippen molar-refractivity contribution in [2.45, 2.75) is 0 Å². The summed E-state index contributed by atoms with van der Waals surface area (Å²) in [6.45, 7) is 3.44. The van der Waals surface area contributed by atoms with Gasteiger partial charge in [-0.2, -0.15) is 0 Å². The second kappa shape index (κ2) is 6.34. The lowest BCUT2D eigenvalue weighted by Gasteiger charge is -2.34. The van der Waals surface area contributed by atoms with Crippen LogP contribution in [-0.4, -0.2) is 71.6 Å². The van der Waals surface area contributed by atoms with Gasteiger partial charge in [0.05, 0.1) is 17.2 Å². The summed E-state index contributed by atoms with van der Waals surface area (Å²) >= 11 is 0. The topological polar surface area (TPSA) is 121 Å². The van der Waals surface area contributed by atoms with E-state index in [2.05, 4.69) is 32.5 Å². The smallest absolute Gasteiger partial charge is 0.323 e. The maximum Gasteiger partial charge on any atom is 0.323 e. The molecule has 23 heavy (non-hydrogen) atoms. The van der Waals surface area contributed by atoms with E-state index in [1.54, 1.807) is 6.07 Å². The highest BCUT2D eigenvalue weighted by atomic mass is 16.6. The molecule has 1 aromatic heterocycles. The van der Waals surface area contributed by atoms with Crippen LogP contribution in [0, 0.1) is 10.1 Å². The average molecular weight is 322 g/mol. The summed E-state index contributed by atoms with van der Waals surface area (Å²) in [7, 11) is 2.05. The van der Waals surface area contributed by atoms with Crippen molar-refractivity contribution in [3.63, 3.8) is 0 Å². The second-order valence-electron chi connectivity index (χ2n) is 5.45. The summed E-state index contributed by atoms with van der Waals surface area (Å²) in [4.78, 5) is 15.2. The van der Waals surface area contributed by atoms with E-state index in [4.69, 9.17) is 9.74 Å². The number of nitro benzene ring substituents is 1. The molecular weight excluding hydrogens is 304 g/mol. The fourth-order valence-electron chi connectivity index (χ4n) is 2.71. The molecule has 0 aliphatic carbocycles. The normalized spacial score (nSPS) is 16.0. The Morgan fingerprint density at radius 1 is 1.35 bits per heavy atom. The van der Waals surface area contributed by atoms with E-state index in [-0.39, 0.29) is 24.4 Å². The molecule has 1 aromatic carbocycles. The third-order valence-corrected chi connectivity index (χ3v) is 3.95. The fourth-order valence-corrected chi connectivity index (χ4v) is 2.71. The van der Waals surface area contributed by atoms with Gasteiger partial charge in [0, 0.05) is 32.7 Å². The van der Waals surface area contributed by atoms with E-state index in [0.29, 0.717) is 11.2 Å². The molecule has 0 bridgehead atoms. The quantitative estimate of drug-likeness (QED) is 0.590. The van der Waals surface area contributed by atoms with Crippen LogP contribution in [0.15, 0.2) is 10.7 Å². The lowest BCUT2D eigenvalue weighted by molar-refractivity contribution is -0.382. The van der Waals surface area contributed by atoms with Gasteiger partial charge in [0.25, 0.3) is 0 Å². The van der Waals surface area contributed by atoms with Gasteiger partial charge in [-0.1, -0.05) is 0 Å². The molecule has 2 aromatic rings. The number of hydrogen-bond donors (Lipinski definition) is 2. The Morgan fingerprint density at radius 2 is 2.04 bits per heavy atom. The predicted molar refractivity (Wildman–Crippen MR) is 83.7 cm³/mol. The number of aliphatic hydroxyl groups excluding tert-OH is 1. The Labute approximate surface area is 131 Å². The predicted octanol–water partition coefficient (Wildman–Crippen LogP) is 0.287. The average Bonchev–Trinajstić information content (AvgIpc) is 3.01. The van der Waals surface area contributed by atoms with Crippen LogP contribution in [-0.2, 0) is 0 Å². The number of rotatable bonds is 5. The highest BCUT2D eigenvalue weighted by molar-refractivity contribution is 5.99. The van der Waals surface area contributed by atoms with Crippen LogP contribution in [0.25, 0.3) is 11.0 Å². The zero-order valence-corrected chi connectivity index (χ0v) is 12.7. The number of nitro groups is 1. The first kappa shape index (κ1) is 15.4. The van der Waals surface area contributed by atoms with Crippen molar-refractivity contribution < 1.29 is 14.7 Å². The Hall–Kier alpha value is -2.46. The van der Waals surface area contributed by atoms with Crippen LogP contribution in [0.4, 0.5) is 17.1 Å². The molecule has 124 valence electrons. The third kappa shape index (κ3) is 2.90. The number of benzene rings is 1. The van der Waals surface area contributed by atoms with Crippen molar-refractivity contribution in [3.8, 4) is 0 Å². The first-order chi connectivity index (χ1) is 11.1. The number of fused-ring (bicyclic) bond motifs is 1. The number of nitrogens with one attached hydrogen (secondary N) is 1. The molecule has 3 rings (SSSR count). The molecule has 0 unspecified atom stereocenters. The Morgan fingerprint density at radius 3 is 2.70 bits per heavy atom. The monoisotopic (exact) mass is 322 g/mol. The maximum atomic E-state index is 11.4. The summed E-state index contributed by atoms with van der Waals surface area (Å²) in [5.41, 5.74) is 1.37. The molecule has 0 spiro atoms. The molecule has 1 aliphatic rings. The Balaban J connectivity index is 2.08. The SMILES string of the molecule is CN1CCN(c2cc(NCCO)c([N+](=O)[O-])c3nonc23)CC1. The van der Waals surface area contributed by atoms with Gasteiger partial charge in [0.2, 0.25) is 5.52 Å². The minimum Gasteiger partial charge on any atom is -0.395 e. The lowest BCUT2D eigenvalue weighted by Crippen LogP contribution is -2.44. The minimum atomic E-state index is -0.514. The van der Waals surface area contributed by atoms with Crippen LogP contribution in [0.1, 0.15) is 0 Å². The van der Waals surface area contributed by atoms with Gasteiger partial charge >= 0.3 is 5.69 Å². The van der Waals surface area contributed by atoms with Crippen LogP contribution in [0.5, 0.6) is 0 Å². The van der Waals surface area contributed by atoms with Crippen molar-refractivity contribution in [3.05, 3.63) is 16.2 Å². The molecule has 0 atom stereocenters. The number of anilines is 2. The maximum absolute atomic E-state index is 11.4. The van der Waals surface area contributed by atoms with E-state index in [9.17, 15) is 10.1 Å². The summed E-state index contributed by atoms with van der Waals surface area (Å²) < 4.78 is 4.75. The lowest BCUT2D eigenvalue weighted by atomic mass is 10.1. The summed E-state index contributed by atoms with van der Waals surface area (Å²) in [5, 5.41) is 30.8. The zero-order chi connectivity index (χ0) is 16.4. The summed E-state index contributed by atoms with van der Waals surface area (Å²) in [5.74, 6) is 0. The van der Waals surface area contributed by atoms with Crippen molar-refractivity contribution in [1.29, 1.82) is 0 Å². The molecule has 1 saturated heterocycles. The zero-order valence-electron chi connectivity index (χ0n) is 12.7. The van der Waals surface area contributed by atoms with Gasteiger partial charge in [-0.05, 0) is 23.4 Å². The van der Waals surface area contributed by atoms with E-state index in [1.807, 2.05) is 0 Å². The third-order valence-electron chi connectivity index (χ3n) is 3.95. The van der Waals surface area contributed by atoms with E-state index < -0.39 is 4.92 Å². The molecular formula is C13H18N6O4. The highest BCUT2D eigenvalue weighted by Gasteiger charge is 2.28. The highest BCUT2D eigenvalue weighted by Crippen LogP contribution is 2.38. The van der Waals surface area contributed by atoms with Gasteiger partial charge in [0.15, 0.2) is 5.52 Å².